The van der Waals surface area contributed by atoms with Crippen LogP contribution in [0.2, 0.25) is 0 Å². The van der Waals surface area contributed by atoms with Gasteiger partial charge in [-0.2, -0.15) is 0 Å². The first-order chi connectivity index (χ1) is 22.3. The van der Waals surface area contributed by atoms with Crippen LogP contribution in [-0.4, -0.2) is 14.5 Å². The van der Waals surface area contributed by atoms with Crippen molar-refractivity contribution in [3.8, 4) is 28.3 Å². The van der Waals surface area contributed by atoms with E-state index in [0.717, 1.165) is 39.0 Å². The number of aromatic nitrogens is 3. The van der Waals surface area contributed by atoms with Crippen LogP contribution in [0.3, 0.4) is 0 Å². The molecule has 0 atom stereocenters. The van der Waals surface area contributed by atoms with Crippen molar-refractivity contribution >= 4 is 75.4 Å². The number of para-hydroxylation sites is 2. The van der Waals surface area contributed by atoms with E-state index >= 15 is 0 Å². The number of thiophene rings is 1. The Morgan fingerprint density at radius 3 is 2.20 bits per heavy atom. The van der Waals surface area contributed by atoms with Crippen LogP contribution in [0.15, 0.2) is 144 Å². The van der Waals surface area contributed by atoms with Gasteiger partial charge in [0.05, 0.1) is 15.7 Å². The maximum Gasteiger partial charge on any atom is 0.180 e. The Balaban J connectivity index is 1.28. The summed E-state index contributed by atoms with van der Waals surface area (Å²) in [5, 5.41) is 6.06. The van der Waals surface area contributed by atoms with E-state index in [1.165, 1.54) is 42.0 Å². The minimum absolute atomic E-state index is 0.680. The molecule has 5 heteroatoms. The Kier molecular flexibility index (Phi) is 5.12. The number of nitrogens with zero attached hydrogens (tertiary/aromatic N) is 3. The van der Waals surface area contributed by atoms with Crippen LogP contribution in [0.4, 0.5) is 0 Å². The van der Waals surface area contributed by atoms with Crippen LogP contribution >= 0.6 is 11.3 Å². The minimum Gasteiger partial charge on any atom is -0.452 e. The number of fused-ring (bicyclic) bond motifs is 10. The average molecular weight is 594 g/mol. The van der Waals surface area contributed by atoms with E-state index in [1.807, 2.05) is 47.7 Å². The highest BCUT2D eigenvalue weighted by Gasteiger charge is 2.21. The summed E-state index contributed by atoms with van der Waals surface area (Å²) < 4.78 is 11.5. The molecule has 0 amide bonds. The number of rotatable bonds is 3. The molecule has 0 bridgehead atoms. The van der Waals surface area contributed by atoms with Crippen molar-refractivity contribution in [3.05, 3.63) is 140 Å². The predicted octanol–water partition coefficient (Wildman–Crippen LogP) is 11.2. The molecule has 0 saturated carbocycles. The molecule has 0 radical (unpaired) electrons. The largest absolute Gasteiger partial charge is 0.452 e. The SMILES string of the molecule is c1ccc(-c2nc(-c3cccc(-n4c5ccccc5c5ccc6c7ccccc7sc6c54)c3)c3oc4ccccc4c3n2)cc1. The van der Waals surface area contributed by atoms with Crippen molar-refractivity contribution in [2.24, 2.45) is 0 Å². The van der Waals surface area contributed by atoms with Crippen LogP contribution in [0.5, 0.6) is 0 Å². The summed E-state index contributed by atoms with van der Waals surface area (Å²) in [6.45, 7) is 0. The molecule has 0 saturated heterocycles. The third kappa shape index (κ3) is 3.59. The molecular formula is C40H23N3OS. The molecule has 45 heavy (non-hydrogen) atoms. The van der Waals surface area contributed by atoms with Crippen molar-refractivity contribution in [1.29, 1.82) is 0 Å². The topological polar surface area (TPSA) is 43.9 Å². The zero-order valence-electron chi connectivity index (χ0n) is 23.9. The van der Waals surface area contributed by atoms with E-state index in [0.29, 0.717) is 11.4 Å². The van der Waals surface area contributed by atoms with Crippen molar-refractivity contribution in [2.75, 3.05) is 0 Å². The molecule has 6 aromatic carbocycles. The van der Waals surface area contributed by atoms with Gasteiger partial charge in [-0.3, -0.25) is 0 Å². The fraction of sp³-hybridized carbons (Fsp3) is 0. The Morgan fingerprint density at radius 2 is 1.29 bits per heavy atom. The maximum atomic E-state index is 6.46. The Bertz CT molecular complexity index is 2770. The summed E-state index contributed by atoms with van der Waals surface area (Å²) in [6, 6.07) is 48.9. The second kappa shape index (κ2) is 9.36. The maximum absolute atomic E-state index is 6.46. The molecule has 0 N–H and O–H groups in total. The lowest BCUT2D eigenvalue weighted by molar-refractivity contribution is 0.667. The Hall–Kier alpha value is -5.78. The zero-order valence-corrected chi connectivity index (χ0v) is 24.8. The number of benzene rings is 6. The van der Waals surface area contributed by atoms with Crippen molar-refractivity contribution in [1.82, 2.24) is 14.5 Å². The Morgan fingerprint density at radius 1 is 0.556 bits per heavy atom. The zero-order chi connectivity index (χ0) is 29.5. The van der Waals surface area contributed by atoms with E-state index < -0.39 is 0 Å². The molecule has 0 spiro atoms. The first kappa shape index (κ1) is 24.6. The summed E-state index contributed by atoms with van der Waals surface area (Å²) >= 11 is 1.86. The number of hydrogen-bond donors (Lipinski definition) is 0. The second-order valence-corrected chi connectivity index (χ2v) is 12.4. The molecule has 4 nitrogen and oxygen atoms in total. The fourth-order valence-corrected chi connectivity index (χ4v) is 8.03. The van der Waals surface area contributed by atoms with Gasteiger partial charge >= 0.3 is 0 Å². The number of hydrogen-bond acceptors (Lipinski definition) is 4. The van der Waals surface area contributed by atoms with Gasteiger partial charge in [0.15, 0.2) is 11.4 Å². The highest BCUT2D eigenvalue weighted by atomic mass is 32.1. The minimum atomic E-state index is 0.680. The van der Waals surface area contributed by atoms with E-state index in [-0.39, 0.29) is 0 Å². The van der Waals surface area contributed by atoms with Crippen LogP contribution < -0.4 is 0 Å². The monoisotopic (exact) mass is 593 g/mol. The summed E-state index contributed by atoms with van der Waals surface area (Å²) in [5.74, 6) is 0.680. The molecule has 4 aromatic heterocycles. The summed E-state index contributed by atoms with van der Waals surface area (Å²) in [6.07, 6.45) is 0. The first-order valence-electron chi connectivity index (χ1n) is 15.0. The molecule has 0 aliphatic rings. The predicted molar refractivity (Wildman–Crippen MR) is 187 cm³/mol. The van der Waals surface area contributed by atoms with Gasteiger partial charge in [0.1, 0.15) is 16.8 Å². The van der Waals surface area contributed by atoms with Gasteiger partial charge in [0.2, 0.25) is 0 Å². The molecule has 210 valence electrons. The van der Waals surface area contributed by atoms with Gasteiger partial charge in [-0.25, -0.2) is 9.97 Å². The first-order valence-corrected chi connectivity index (χ1v) is 15.8. The van der Waals surface area contributed by atoms with Gasteiger partial charge in [-0.15, -0.1) is 11.3 Å². The van der Waals surface area contributed by atoms with Crippen molar-refractivity contribution in [2.45, 2.75) is 0 Å². The van der Waals surface area contributed by atoms with Gasteiger partial charge in [0.25, 0.3) is 0 Å². The summed E-state index contributed by atoms with van der Waals surface area (Å²) in [5.41, 5.74) is 8.54. The summed E-state index contributed by atoms with van der Waals surface area (Å²) in [7, 11) is 0. The Labute approximate surface area is 261 Å². The quantitative estimate of drug-likeness (QED) is 0.205. The standard InChI is InChI=1S/C40H23N3OS/c1-2-11-24(12-3-1)40-41-35(38-36(42-40)31-17-5-8-19-33(31)44-38)25-13-10-14-26(23-25)43-32-18-7-4-15-27(32)29-21-22-30-28-16-6-9-20-34(28)45-39(30)37(29)43/h1-23H. The molecular weight excluding hydrogens is 571 g/mol. The molecule has 4 heterocycles. The lowest BCUT2D eigenvalue weighted by atomic mass is 10.1. The molecule has 0 fully saturated rings. The lowest BCUT2D eigenvalue weighted by Crippen LogP contribution is -1.97. The molecule has 10 rings (SSSR count). The molecule has 0 unspecified atom stereocenters. The van der Waals surface area contributed by atoms with Gasteiger partial charge in [-0.1, -0.05) is 103 Å². The second-order valence-electron chi connectivity index (χ2n) is 11.4. The van der Waals surface area contributed by atoms with Crippen LogP contribution in [0.25, 0.3) is 92.4 Å². The fourth-order valence-electron chi connectivity index (χ4n) is 6.79. The normalized spacial score (nSPS) is 12.0. The van der Waals surface area contributed by atoms with Crippen molar-refractivity contribution < 1.29 is 4.42 Å². The van der Waals surface area contributed by atoms with E-state index in [4.69, 9.17) is 14.4 Å². The smallest absolute Gasteiger partial charge is 0.180 e. The van der Waals surface area contributed by atoms with Crippen molar-refractivity contribution in [3.63, 3.8) is 0 Å². The van der Waals surface area contributed by atoms with Gasteiger partial charge in [0, 0.05) is 48.4 Å². The third-order valence-electron chi connectivity index (χ3n) is 8.81. The van der Waals surface area contributed by atoms with E-state index in [1.54, 1.807) is 0 Å². The average Bonchev–Trinajstić information content (AvgIpc) is 3.78. The highest BCUT2D eigenvalue weighted by Crippen LogP contribution is 2.43. The highest BCUT2D eigenvalue weighted by molar-refractivity contribution is 7.26. The summed E-state index contributed by atoms with van der Waals surface area (Å²) in [4.78, 5) is 10.2. The number of furan rings is 1. The van der Waals surface area contributed by atoms with E-state index in [9.17, 15) is 0 Å². The molecule has 10 aromatic rings. The van der Waals surface area contributed by atoms with Gasteiger partial charge in [-0.05, 0) is 36.4 Å². The lowest BCUT2D eigenvalue weighted by Gasteiger charge is -2.11. The third-order valence-corrected chi connectivity index (χ3v) is 10.0. The van der Waals surface area contributed by atoms with E-state index in [2.05, 4.69) is 108 Å². The van der Waals surface area contributed by atoms with Crippen LogP contribution in [0, 0.1) is 0 Å². The van der Waals surface area contributed by atoms with Crippen LogP contribution in [0.1, 0.15) is 0 Å². The molecule has 0 aliphatic carbocycles. The van der Waals surface area contributed by atoms with Gasteiger partial charge < -0.3 is 8.98 Å². The van der Waals surface area contributed by atoms with Crippen LogP contribution in [-0.2, 0) is 0 Å². The molecule has 0 aliphatic heterocycles.